The molecular formula is C20H16ClFN2O. The molecule has 0 saturated heterocycles. The number of halogens is 2. The summed E-state index contributed by atoms with van der Waals surface area (Å²) in [5.74, 6) is 0.473. The van der Waals surface area contributed by atoms with Crippen LogP contribution < -0.4 is 10.2 Å². The topological polar surface area (TPSA) is 33.6 Å². The summed E-state index contributed by atoms with van der Waals surface area (Å²) in [6.07, 6.45) is 1.68. The van der Waals surface area contributed by atoms with Gasteiger partial charge in [-0.25, -0.2) is 4.39 Å². The van der Waals surface area contributed by atoms with E-state index in [-0.39, 0.29) is 5.82 Å². The number of ether oxygens (including phenoxy) is 1. The van der Waals surface area contributed by atoms with Crippen LogP contribution in [0.5, 0.6) is 5.75 Å². The number of benzene rings is 3. The van der Waals surface area contributed by atoms with E-state index in [9.17, 15) is 4.39 Å². The zero-order valence-electron chi connectivity index (χ0n) is 13.3. The van der Waals surface area contributed by atoms with Crippen molar-refractivity contribution in [2.45, 2.75) is 6.61 Å². The Hall–Kier alpha value is -2.85. The number of hydrazone groups is 1. The highest BCUT2D eigenvalue weighted by molar-refractivity contribution is 6.30. The minimum atomic E-state index is -0.278. The predicted molar refractivity (Wildman–Crippen MR) is 99.8 cm³/mol. The number of nitrogens with one attached hydrogen (secondary N) is 1. The van der Waals surface area contributed by atoms with Gasteiger partial charge in [-0.1, -0.05) is 35.9 Å². The van der Waals surface area contributed by atoms with E-state index in [4.69, 9.17) is 16.3 Å². The first-order valence-electron chi connectivity index (χ1n) is 7.71. The first kappa shape index (κ1) is 17.0. The van der Waals surface area contributed by atoms with Gasteiger partial charge in [-0.3, -0.25) is 5.43 Å². The van der Waals surface area contributed by atoms with Crippen LogP contribution in [0, 0.1) is 5.82 Å². The molecule has 0 spiro atoms. The molecule has 3 aromatic carbocycles. The molecule has 0 aliphatic heterocycles. The second-order valence-electron chi connectivity index (χ2n) is 5.36. The molecule has 0 heterocycles. The fourth-order valence-electron chi connectivity index (χ4n) is 2.14. The summed E-state index contributed by atoms with van der Waals surface area (Å²) < 4.78 is 18.6. The van der Waals surface area contributed by atoms with E-state index >= 15 is 0 Å². The average Bonchev–Trinajstić information content (AvgIpc) is 2.63. The van der Waals surface area contributed by atoms with Gasteiger partial charge in [0.25, 0.3) is 0 Å². The fraction of sp³-hybridized carbons (Fsp3) is 0.0500. The third kappa shape index (κ3) is 5.33. The summed E-state index contributed by atoms with van der Waals surface area (Å²) in [4.78, 5) is 0. The van der Waals surface area contributed by atoms with Crippen LogP contribution in [-0.2, 0) is 6.61 Å². The lowest BCUT2D eigenvalue weighted by atomic mass is 10.2. The van der Waals surface area contributed by atoms with Crippen LogP contribution in [0.3, 0.4) is 0 Å². The Labute approximate surface area is 150 Å². The molecule has 0 bridgehead atoms. The van der Waals surface area contributed by atoms with Crippen LogP contribution in [0.2, 0.25) is 5.02 Å². The van der Waals surface area contributed by atoms with Gasteiger partial charge in [0.15, 0.2) is 0 Å². The summed E-state index contributed by atoms with van der Waals surface area (Å²) in [7, 11) is 0. The van der Waals surface area contributed by atoms with Crippen LogP contribution in [0.25, 0.3) is 0 Å². The van der Waals surface area contributed by atoms with Crippen molar-refractivity contribution in [1.29, 1.82) is 0 Å². The summed E-state index contributed by atoms with van der Waals surface area (Å²) in [6, 6.07) is 21.1. The van der Waals surface area contributed by atoms with Gasteiger partial charge in [0.2, 0.25) is 0 Å². The molecule has 3 nitrogen and oxygen atoms in total. The Bertz CT molecular complexity index is 848. The molecule has 0 radical (unpaired) electrons. The van der Waals surface area contributed by atoms with Gasteiger partial charge in [0.1, 0.15) is 18.2 Å². The molecule has 3 aromatic rings. The average molecular weight is 355 g/mol. The molecule has 0 saturated carbocycles. The third-order valence-corrected chi connectivity index (χ3v) is 3.68. The lowest BCUT2D eigenvalue weighted by Gasteiger charge is -2.07. The van der Waals surface area contributed by atoms with Crippen molar-refractivity contribution in [3.05, 3.63) is 94.8 Å². The Kier molecular flexibility index (Phi) is 5.65. The van der Waals surface area contributed by atoms with Crippen molar-refractivity contribution in [3.8, 4) is 5.75 Å². The highest BCUT2D eigenvalue weighted by atomic mass is 35.5. The maximum absolute atomic E-state index is 12.8. The highest BCUT2D eigenvalue weighted by Gasteiger charge is 1.98. The van der Waals surface area contributed by atoms with Crippen LogP contribution in [0.1, 0.15) is 11.1 Å². The molecule has 0 aromatic heterocycles. The van der Waals surface area contributed by atoms with Crippen LogP contribution in [0.15, 0.2) is 77.9 Å². The third-order valence-electron chi connectivity index (χ3n) is 3.43. The van der Waals surface area contributed by atoms with E-state index in [1.54, 1.807) is 18.3 Å². The quantitative estimate of drug-likeness (QED) is 0.468. The van der Waals surface area contributed by atoms with Gasteiger partial charge in [-0.2, -0.15) is 5.10 Å². The molecule has 0 atom stereocenters. The molecular weight excluding hydrogens is 339 g/mol. The number of hydrogen-bond donors (Lipinski definition) is 1. The molecule has 126 valence electrons. The van der Waals surface area contributed by atoms with E-state index in [1.807, 2.05) is 48.5 Å². The predicted octanol–water partition coefficient (Wildman–Crippen LogP) is 5.50. The minimum absolute atomic E-state index is 0.278. The first-order valence-corrected chi connectivity index (χ1v) is 8.09. The van der Waals surface area contributed by atoms with Crippen LogP contribution in [0.4, 0.5) is 10.1 Å². The van der Waals surface area contributed by atoms with Gasteiger partial charge in [-0.05, 0) is 59.7 Å². The lowest BCUT2D eigenvalue weighted by Crippen LogP contribution is -1.96. The molecule has 3 rings (SSSR count). The molecule has 1 N–H and O–H groups in total. The molecule has 0 unspecified atom stereocenters. The van der Waals surface area contributed by atoms with Crippen molar-refractivity contribution in [2.24, 2.45) is 5.10 Å². The van der Waals surface area contributed by atoms with Gasteiger partial charge in [0.05, 0.1) is 11.9 Å². The molecule has 0 aliphatic carbocycles. The van der Waals surface area contributed by atoms with Gasteiger partial charge in [0, 0.05) is 5.02 Å². The van der Waals surface area contributed by atoms with Crippen molar-refractivity contribution in [1.82, 2.24) is 0 Å². The van der Waals surface area contributed by atoms with Gasteiger partial charge >= 0.3 is 0 Å². The number of anilines is 1. The number of rotatable bonds is 6. The van der Waals surface area contributed by atoms with E-state index in [2.05, 4.69) is 10.5 Å². The SMILES string of the molecule is Fc1ccc(N/N=C/c2cccc(OCc3ccc(Cl)cc3)c2)cc1. The Morgan fingerprint density at radius 2 is 1.76 bits per heavy atom. The zero-order chi connectivity index (χ0) is 17.5. The van der Waals surface area contributed by atoms with Crippen molar-refractivity contribution >= 4 is 23.5 Å². The highest BCUT2D eigenvalue weighted by Crippen LogP contribution is 2.16. The smallest absolute Gasteiger partial charge is 0.123 e. The van der Waals surface area contributed by atoms with Crippen molar-refractivity contribution in [2.75, 3.05) is 5.43 Å². The molecule has 0 amide bonds. The largest absolute Gasteiger partial charge is 0.489 e. The van der Waals surface area contributed by atoms with Crippen molar-refractivity contribution < 1.29 is 9.13 Å². The van der Waals surface area contributed by atoms with E-state index in [1.165, 1.54) is 12.1 Å². The Morgan fingerprint density at radius 1 is 1.00 bits per heavy atom. The fourth-order valence-corrected chi connectivity index (χ4v) is 2.26. The van der Waals surface area contributed by atoms with Crippen LogP contribution in [-0.4, -0.2) is 6.21 Å². The standard InChI is InChI=1S/C20H16ClFN2O/c21-17-6-4-15(5-7-17)14-25-20-3-1-2-16(12-20)13-23-24-19-10-8-18(22)9-11-19/h1-13,24H,14H2/b23-13+. The first-order chi connectivity index (χ1) is 12.2. The van der Waals surface area contributed by atoms with E-state index in [0.29, 0.717) is 17.3 Å². The molecule has 0 fully saturated rings. The van der Waals surface area contributed by atoms with Gasteiger partial charge in [-0.15, -0.1) is 0 Å². The number of hydrogen-bond acceptors (Lipinski definition) is 3. The Morgan fingerprint density at radius 3 is 2.52 bits per heavy atom. The lowest BCUT2D eigenvalue weighted by molar-refractivity contribution is 0.306. The molecule has 25 heavy (non-hydrogen) atoms. The Balaban J connectivity index is 1.58. The summed E-state index contributed by atoms with van der Waals surface area (Å²) in [6.45, 7) is 0.464. The molecule has 5 heteroatoms. The second-order valence-corrected chi connectivity index (χ2v) is 5.80. The number of nitrogens with zero attached hydrogens (tertiary/aromatic N) is 1. The van der Waals surface area contributed by atoms with E-state index < -0.39 is 0 Å². The van der Waals surface area contributed by atoms with Crippen molar-refractivity contribution in [3.63, 3.8) is 0 Å². The second kappa shape index (κ2) is 8.31. The van der Waals surface area contributed by atoms with Crippen LogP contribution >= 0.6 is 11.6 Å². The van der Waals surface area contributed by atoms with E-state index in [0.717, 1.165) is 16.9 Å². The summed E-state index contributed by atoms with van der Waals surface area (Å²) in [5, 5.41) is 4.85. The maximum Gasteiger partial charge on any atom is 0.123 e. The summed E-state index contributed by atoms with van der Waals surface area (Å²) >= 11 is 5.87. The summed E-state index contributed by atoms with van der Waals surface area (Å²) in [5.41, 5.74) is 5.50. The normalized spacial score (nSPS) is 10.8. The minimum Gasteiger partial charge on any atom is -0.489 e. The monoisotopic (exact) mass is 354 g/mol. The van der Waals surface area contributed by atoms with Gasteiger partial charge < -0.3 is 4.74 Å². The molecule has 0 aliphatic rings. The maximum atomic E-state index is 12.8. The zero-order valence-corrected chi connectivity index (χ0v) is 14.1.